The Morgan fingerprint density at radius 3 is 2.60 bits per heavy atom. The maximum absolute atomic E-state index is 12.2. The van der Waals surface area contributed by atoms with Gasteiger partial charge in [0, 0.05) is 44.6 Å². The molecular weight excluding hydrogens is 324 g/mol. The number of nitrogens with zero attached hydrogens (tertiary/aromatic N) is 3. The van der Waals surface area contributed by atoms with Crippen LogP contribution in [0.4, 0.5) is 5.69 Å². The van der Waals surface area contributed by atoms with Crippen LogP contribution >= 0.6 is 0 Å². The van der Waals surface area contributed by atoms with Crippen molar-refractivity contribution in [2.75, 3.05) is 44.6 Å². The number of carboxylic acid groups (broad SMARTS) is 1. The number of nitriles is 1. The van der Waals surface area contributed by atoms with E-state index in [2.05, 4.69) is 10.2 Å². The molecule has 2 rings (SSSR count). The molecule has 132 valence electrons. The number of anilines is 1. The zero-order valence-electron chi connectivity index (χ0n) is 13.7. The molecule has 0 aliphatic carbocycles. The van der Waals surface area contributed by atoms with Crippen LogP contribution in [0.5, 0.6) is 0 Å². The van der Waals surface area contributed by atoms with Gasteiger partial charge in [-0.1, -0.05) is 6.07 Å². The van der Waals surface area contributed by atoms with E-state index in [0.717, 1.165) is 13.1 Å². The van der Waals surface area contributed by atoms with E-state index in [-0.39, 0.29) is 17.7 Å². The normalized spacial score (nSPS) is 15.5. The molecule has 1 aliphatic heterocycles. The van der Waals surface area contributed by atoms with Crippen LogP contribution in [0.2, 0.25) is 0 Å². The fraction of sp³-hybridized carbons (Fsp3) is 0.353. The van der Waals surface area contributed by atoms with E-state index in [1.807, 2.05) is 11.0 Å². The molecule has 1 fully saturated rings. The highest BCUT2D eigenvalue weighted by Gasteiger charge is 2.17. The van der Waals surface area contributed by atoms with Crippen LogP contribution < -0.4 is 5.32 Å². The lowest BCUT2D eigenvalue weighted by atomic mass is 10.2. The number of nitrogens with one attached hydrogen (secondary N) is 1. The van der Waals surface area contributed by atoms with Gasteiger partial charge in [0.2, 0.25) is 0 Å². The second-order valence-electron chi connectivity index (χ2n) is 5.60. The van der Waals surface area contributed by atoms with Crippen molar-refractivity contribution in [3.05, 3.63) is 41.6 Å². The highest BCUT2D eigenvalue weighted by molar-refractivity contribution is 6.06. The molecule has 8 heteroatoms. The number of hydrogen-bond acceptors (Lipinski definition) is 6. The van der Waals surface area contributed by atoms with Crippen molar-refractivity contribution in [3.63, 3.8) is 0 Å². The fourth-order valence-electron chi connectivity index (χ4n) is 2.51. The number of benzene rings is 1. The predicted octanol–water partition coefficient (Wildman–Crippen LogP) is 0.341. The van der Waals surface area contributed by atoms with Gasteiger partial charge in [0.25, 0.3) is 5.91 Å². The smallest absolute Gasteiger partial charge is 0.335 e. The number of carbonyl (C=O) groups is 2. The first-order valence-corrected chi connectivity index (χ1v) is 7.87. The molecule has 1 heterocycles. The third-order valence-electron chi connectivity index (χ3n) is 3.87. The molecule has 0 saturated carbocycles. The molecule has 0 unspecified atom stereocenters. The number of rotatable bonds is 6. The van der Waals surface area contributed by atoms with Crippen molar-refractivity contribution in [2.45, 2.75) is 0 Å². The summed E-state index contributed by atoms with van der Waals surface area (Å²) in [6, 6.07) is 7.72. The number of aromatic carboxylic acids is 1. The Kier molecular flexibility index (Phi) is 6.51. The van der Waals surface area contributed by atoms with Crippen LogP contribution in [0.25, 0.3) is 0 Å². The van der Waals surface area contributed by atoms with Gasteiger partial charge in [0.05, 0.1) is 12.2 Å². The second kappa shape index (κ2) is 8.82. The van der Waals surface area contributed by atoms with Gasteiger partial charge in [0.1, 0.15) is 11.6 Å². The van der Waals surface area contributed by atoms with E-state index >= 15 is 0 Å². The van der Waals surface area contributed by atoms with Crippen molar-refractivity contribution in [1.82, 2.24) is 9.80 Å². The van der Waals surface area contributed by atoms with Crippen LogP contribution in [0, 0.1) is 11.3 Å². The Morgan fingerprint density at radius 2 is 2.00 bits per heavy atom. The maximum Gasteiger partial charge on any atom is 0.335 e. The standard InChI is InChI=1S/C17H20N4O4/c18-11-14(12-21-6-4-20(5-7-21)8-9-22)16(23)19-15-3-1-2-13(10-15)17(24)25/h1-3,10,12,22H,4-9H2,(H,19,23)(H,24,25)/b14-12-. The lowest BCUT2D eigenvalue weighted by Crippen LogP contribution is -2.45. The van der Waals surface area contributed by atoms with Crippen molar-refractivity contribution >= 4 is 17.6 Å². The van der Waals surface area contributed by atoms with Crippen molar-refractivity contribution in [2.24, 2.45) is 0 Å². The largest absolute Gasteiger partial charge is 0.478 e. The van der Waals surface area contributed by atoms with Crippen molar-refractivity contribution < 1.29 is 19.8 Å². The zero-order valence-corrected chi connectivity index (χ0v) is 13.7. The SMILES string of the molecule is N#C/C(=C/N1CCN(CCO)CC1)C(=O)Nc1cccc(C(=O)O)c1. The summed E-state index contributed by atoms with van der Waals surface area (Å²) in [5.41, 5.74) is 0.329. The molecule has 0 bridgehead atoms. The molecule has 3 N–H and O–H groups in total. The first-order valence-electron chi connectivity index (χ1n) is 7.87. The van der Waals surface area contributed by atoms with E-state index in [1.165, 1.54) is 24.4 Å². The summed E-state index contributed by atoms with van der Waals surface area (Å²) in [5, 5.41) is 29.7. The number of aliphatic hydroxyl groups excluding tert-OH is 1. The van der Waals surface area contributed by atoms with E-state index in [4.69, 9.17) is 10.2 Å². The van der Waals surface area contributed by atoms with E-state index in [1.54, 1.807) is 6.07 Å². The highest BCUT2D eigenvalue weighted by Crippen LogP contribution is 2.12. The molecule has 1 aliphatic rings. The quantitative estimate of drug-likeness (QED) is 0.503. The van der Waals surface area contributed by atoms with E-state index in [9.17, 15) is 14.9 Å². The van der Waals surface area contributed by atoms with Crippen LogP contribution in [0.15, 0.2) is 36.0 Å². The van der Waals surface area contributed by atoms with Gasteiger partial charge in [0.15, 0.2) is 0 Å². The van der Waals surface area contributed by atoms with E-state index in [0.29, 0.717) is 25.3 Å². The minimum Gasteiger partial charge on any atom is -0.478 e. The molecular formula is C17H20N4O4. The molecule has 1 amide bonds. The van der Waals surface area contributed by atoms with Crippen molar-refractivity contribution in [1.29, 1.82) is 5.26 Å². The number of carbonyl (C=O) groups excluding carboxylic acids is 1. The summed E-state index contributed by atoms with van der Waals surface area (Å²) < 4.78 is 0. The molecule has 1 aromatic carbocycles. The summed E-state index contributed by atoms with van der Waals surface area (Å²) >= 11 is 0. The maximum atomic E-state index is 12.2. The molecule has 0 atom stereocenters. The summed E-state index contributed by atoms with van der Waals surface area (Å²) in [6.07, 6.45) is 1.52. The first-order chi connectivity index (χ1) is 12.0. The van der Waals surface area contributed by atoms with Crippen LogP contribution in [0.3, 0.4) is 0 Å². The first kappa shape index (κ1) is 18.4. The average Bonchev–Trinajstić information content (AvgIpc) is 2.61. The Hall–Kier alpha value is -2.89. The monoisotopic (exact) mass is 344 g/mol. The third kappa shape index (κ3) is 5.31. The average molecular weight is 344 g/mol. The van der Waals surface area contributed by atoms with Crippen LogP contribution in [-0.4, -0.2) is 71.2 Å². The number of amides is 1. The summed E-state index contributed by atoms with van der Waals surface area (Å²) in [6.45, 7) is 3.54. The number of piperazine rings is 1. The van der Waals surface area contributed by atoms with Gasteiger partial charge in [-0.15, -0.1) is 0 Å². The van der Waals surface area contributed by atoms with Gasteiger partial charge >= 0.3 is 5.97 Å². The summed E-state index contributed by atoms with van der Waals surface area (Å²) in [5.74, 6) is -1.67. The minimum atomic E-state index is -1.09. The number of aliphatic hydroxyl groups is 1. The number of hydrogen-bond donors (Lipinski definition) is 3. The van der Waals surface area contributed by atoms with Gasteiger partial charge in [-0.05, 0) is 18.2 Å². The van der Waals surface area contributed by atoms with Gasteiger partial charge in [-0.2, -0.15) is 5.26 Å². The molecule has 1 saturated heterocycles. The Morgan fingerprint density at radius 1 is 1.28 bits per heavy atom. The summed E-state index contributed by atoms with van der Waals surface area (Å²) in [7, 11) is 0. The Labute approximate surface area is 145 Å². The van der Waals surface area contributed by atoms with E-state index < -0.39 is 11.9 Å². The molecule has 0 aromatic heterocycles. The molecule has 0 spiro atoms. The third-order valence-corrected chi connectivity index (χ3v) is 3.87. The number of carboxylic acids is 1. The predicted molar refractivity (Wildman–Crippen MR) is 90.8 cm³/mol. The van der Waals surface area contributed by atoms with Gasteiger partial charge in [-0.3, -0.25) is 9.69 Å². The summed E-state index contributed by atoms with van der Waals surface area (Å²) in [4.78, 5) is 27.2. The Balaban J connectivity index is 2.00. The molecule has 25 heavy (non-hydrogen) atoms. The van der Waals surface area contributed by atoms with Gasteiger partial charge < -0.3 is 20.4 Å². The zero-order chi connectivity index (χ0) is 18.2. The second-order valence-corrected chi connectivity index (χ2v) is 5.60. The van der Waals surface area contributed by atoms with Crippen molar-refractivity contribution in [3.8, 4) is 6.07 Å². The molecule has 1 aromatic rings. The van der Waals surface area contributed by atoms with Crippen LogP contribution in [0.1, 0.15) is 10.4 Å². The fourth-order valence-corrected chi connectivity index (χ4v) is 2.51. The minimum absolute atomic E-state index is 0.0451. The lowest BCUT2D eigenvalue weighted by Gasteiger charge is -2.33. The van der Waals surface area contributed by atoms with Crippen LogP contribution in [-0.2, 0) is 4.79 Å². The Bertz CT molecular complexity index is 703. The van der Waals surface area contributed by atoms with Gasteiger partial charge in [-0.25, -0.2) is 4.79 Å². The molecule has 0 radical (unpaired) electrons. The molecule has 8 nitrogen and oxygen atoms in total. The lowest BCUT2D eigenvalue weighted by molar-refractivity contribution is -0.112. The highest BCUT2D eigenvalue weighted by atomic mass is 16.4. The topological polar surface area (TPSA) is 117 Å². The number of β-amino-alcohol motifs (C(OH)–C–C–N with tert-alkyl or cyclic N) is 1.